The van der Waals surface area contributed by atoms with Crippen molar-refractivity contribution in [2.45, 2.75) is 25.4 Å². The maximum absolute atomic E-state index is 13.0. The molecule has 2 aromatic heterocycles. The van der Waals surface area contributed by atoms with Crippen LogP contribution in [-0.4, -0.2) is 27.2 Å². The molecular weight excluding hydrogens is 296 g/mol. The number of hydrogen-bond acceptors (Lipinski definition) is 4. The molecule has 0 unspecified atom stereocenters. The van der Waals surface area contributed by atoms with E-state index in [1.54, 1.807) is 11.3 Å². The lowest BCUT2D eigenvalue weighted by Crippen LogP contribution is -2.35. The highest BCUT2D eigenvalue weighted by molar-refractivity contribution is 7.07. The van der Waals surface area contributed by atoms with Crippen molar-refractivity contribution in [1.82, 2.24) is 19.4 Å². The van der Waals surface area contributed by atoms with E-state index in [2.05, 4.69) is 16.4 Å². The Morgan fingerprint density at radius 1 is 1.23 bits per heavy atom. The zero-order chi connectivity index (χ0) is 14.9. The maximum Gasteiger partial charge on any atom is 0.329 e. The van der Waals surface area contributed by atoms with Gasteiger partial charge in [-0.2, -0.15) is 0 Å². The van der Waals surface area contributed by atoms with Crippen LogP contribution in [0.3, 0.4) is 0 Å². The lowest BCUT2D eigenvalue weighted by molar-refractivity contribution is 0.365. The molecule has 5 nitrogen and oxygen atoms in total. The number of nitrogens with zero attached hydrogens (tertiary/aromatic N) is 3. The normalized spacial score (nSPS) is 16.4. The molecule has 22 heavy (non-hydrogen) atoms. The monoisotopic (exact) mass is 314 g/mol. The minimum Gasteiger partial charge on any atom is -0.317 e. The Bertz CT molecular complexity index is 828. The molecule has 0 spiro atoms. The number of thiazole rings is 1. The Morgan fingerprint density at radius 3 is 2.73 bits per heavy atom. The van der Waals surface area contributed by atoms with Gasteiger partial charge in [0.15, 0.2) is 0 Å². The molecule has 114 valence electrons. The molecule has 0 bridgehead atoms. The molecule has 1 fully saturated rings. The predicted octanol–water partition coefficient (Wildman–Crippen LogP) is 2.23. The molecule has 1 aromatic carbocycles. The van der Waals surface area contributed by atoms with Gasteiger partial charge in [0.05, 0.1) is 28.8 Å². The summed E-state index contributed by atoms with van der Waals surface area (Å²) in [6, 6.07) is 8.37. The van der Waals surface area contributed by atoms with Crippen LogP contribution in [0, 0.1) is 0 Å². The summed E-state index contributed by atoms with van der Waals surface area (Å²) >= 11 is 1.56. The van der Waals surface area contributed by atoms with E-state index >= 15 is 0 Å². The molecule has 0 radical (unpaired) electrons. The third kappa shape index (κ3) is 2.28. The predicted molar refractivity (Wildman–Crippen MR) is 88.6 cm³/mol. The van der Waals surface area contributed by atoms with Crippen molar-refractivity contribution in [3.8, 4) is 0 Å². The number of benzene rings is 1. The first-order chi connectivity index (χ1) is 10.8. The molecule has 1 saturated heterocycles. The summed E-state index contributed by atoms with van der Waals surface area (Å²) in [7, 11) is 0. The van der Waals surface area contributed by atoms with E-state index in [1.165, 1.54) is 0 Å². The first kappa shape index (κ1) is 13.7. The average Bonchev–Trinajstić information content (AvgIpc) is 3.16. The Kier molecular flexibility index (Phi) is 3.56. The van der Waals surface area contributed by atoms with Gasteiger partial charge in [0.25, 0.3) is 0 Å². The summed E-state index contributed by atoms with van der Waals surface area (Å²) in [5, 5.41) is 5.37. The summed E-state index contributed by atoms with van der Waals surface area (Å²) in [6.07, 6.45) is 2.01. The maximum atomic E-state index is 13.0. The third-order valence-electron chi connectivity index (χ3n) is 4.35. The van der Waals surface area contributed by atoms with Crippen LogP contribution < -0.4 is 11.0 Å². The Labute approximate surface area is 132 Å². The molecule has 0 amide bonds. The number of aromatic nitrogens is 3. The molecule has 6 heteroatoms. The van der Waals surface area contributed by atoms with Crippen molar-refractivity contribution in [3.05, 3.63) is 51.3 Å². The van der Waals surface area contributed by atoms with Crippen molar-refractivity contribution in [2.24, 2.45) is 0 Å². The number of imidazole rings is 1. The number of para-hydroxylation sites is 2. The summed E-state index contributed by atoms with van der Waals surface area (Å²) in [6.45, 7) is 2.49. The number of fused-ring (bicyclic) bond motifs is 1. The number of rotatable bonds is 3. The first-order valence-electron chi connectivity index (χ1n) is 7.62. The Morgan fingerprint density at radius 2 is 2.00 bits per heavy atom. The lowest BCUT2D eigenvalue weighted by Gasteiger charge is -2.23. The Balaban J connectivity index is 1.86. The molecule has 4 rings (SSSR count). The lowest BCUT2D eigenvalue weighted by atomic mass is 10.1. The molecule has 3 aromatic rings. The molecule has 1 aliphatic heterocycles. The van der Waals surface area contributed by atoms with Crippen LogP contribution in [0.4, 0.5) is 0 Å². The summed E-state index contributed by atoms with van der Waals surface area (Å²) in [5.74, 6) is 0. The minimum absolute atomic E-state index is 0.0844. The molecule has 0 saturated carbocycles. The van der Waals surface area contributed by atoms with Crippen molar-refractivity contribution >= 4 is 22.4 Å². The fourth-order valence-corrected chi connectivity index (χ4v) is 3.83. The van der Waals surface area contributed by atoms with Gasteiger partial charge in [-0.05, 0) is 38.1 Å². The zero-order valence-electron chi connectivity index (χ0n) is 12.2. The quantitative estimate of drug-likeness (QED) is 0.806. The van der Waals surface area contributed by atoms with E-state index in [1.807, 2.05) is 38.2 Å². The highest BCUT2D eigenvalue weighted by Gasteiger charge is 2.22. The van der Waals surface area contributed by atoms with Crippen LogP contribution in [0.25, 0.3) is 11.0 Å². The molecule has 1 N–H and O–H groups in total. The SMILES string of the molecule is O=c1n(Cc2cscn2)c2ccccc2n1C1CCNCC1. The summed E-state index contributed by atoms with van der Waals surface area (Å²) in [4.78, 5) is 17.3. The van der Waals surface area contributed by atoms with Gasteiger partial charge in [0.1, 0.15) is 0 Å². The van der Waals surface area contributed by atoms with Crippen LogP contribution >= 0.6 is 11.3 Å². The van der Waals surface area contributed by atoms with E-state index in [9.17, 15) is 4.79 Å². The number of hydrogen-bond donors (Lipinski definition) is 1. The molecule has 3 heterocycles. The van der Waals surface area contributed by atoms with Gasteiger partial charge < -0.3 is 5.32 Å². The second kappa shape index (κ2) is 5.70. The van der Waals surface area contributed by atoms with Crippen molar-refractivity contribution in [1.29, 1.82) is 0 Å². The molecule has 1 aliphatic rings. The van der Waals surface area contributed by atoms with Crippen LogP contribution in [0.5, 0.6) is 0 Å². The van der Waals surface area contributed by atoms with Crippen LogP contribution in [0.2, 0.25) is 0 Å². The molecule has 0 aliphatic carbocycles. The minimum atomic E-state index is 0.0844. The first-order valence-corrected chi connectivity index (χ1v) is 8.56. The second-order valence-electron chi connectivity index (χ2n) is 5.69. The van der Waals surface area contributed by atoms with Crippen LogP contribution in [0.1, 0.15) is 24.6 Å². The average molecular weight is 314 g/mol. The zero-order valence-corrected chi connectivity index (χ0v) is 13.1. The highest BCUT2D eigenvalue weighted by Crippen LogP contribution is 2.23. The molecular formula is C16H18N4OS. The number of nitrogens with one attached hydrogen (secondary N) is 1. The van der Waals surface area contributed by atoms with Crippen molar-refractivity contribution in [3.63, 3.8) is 0 Å². The van der Waals surface area contributed by atoms with Crippen LogP contribution in [-0.2, 0) is 6.54 Å². The number of piperidine rings is 1. The fraction of sp³-hybridized carbons (Fsp3) is 0.375. The second-order valence-corrected chi connectivity index (χ2v) is 6.41. The van der Waals surface area contributed by atoms with Crippen LogP contribution in [0.15, 0.2) is 40.0 Å². The van der Waals surface area contributed by atoms with Gasteiger partial charge in [-0.25, -0.2) is 9.78 Å². The van der Waals surface area contributed by atoms with Gasteiger partial charge in [0, 0.05) is 11.4 Å². The van der Waals surface area contributed by atoms with E-state index in [0.29, 0.717) is 6.54 Å². The van der Waals surface area contributed by atoms with E-state index in [0.717, 1.165) is 42.7 Å². The Hall–Kier alpha value is -1.92. The molecule has 0 atom stereocenters. The fourth-order valence-electron chi connectivity index (χ4n) is 3.28. The van der Waals surface area contributed by atoms with Crippen molar-refractivity contribution in [2.75, 3.05) is 13.1 Å². The summed E-state index contributed by atoms with van der Waals surface area (Å²) in [5.41, 5.74) is 4.88. The highest BCUT2D eigenvalue weighted by atomic mass is 32.1. The van der Waals surface area contributed by atoms with Gasteiger partial charge in [-0.1, -0.05) is 12.1 Å². The summed E-state index contributed by atoms with van der Waals surface area (Å²) < 4.78 is 3.84. The standard InChI is InChI=1S/C16H18N4OS/c21-16-19(9-12-10-22-11-18-12)14-3-1-2-4-15(14)20(16)13-5-7-17-8-6-13/h1-4,10-11,13,17H,5-9H2. The van der Waals surface area contributed by atoms with Gasteiger partial charge in [0.2, 0.25) is 0 Å². The largest absolute Gasteiger partial charge is 0.329 e. The smallest absolute Gasteiger partial charge is 0.317 e. The van der Waals surface area contributed by atoms with E-state index < -0.39 is 0 Å². The van der Waals surface area contributed by atoms with Gasteiger partial charge >= 0.3 is 5.69 Å². The third-order valence-corrected chi connectivity index (χ3v) is 4.98. The van der Waals surface area contributed by atoms with Gasteiger partial charge in [-0.15, -0.1) is 11.3 Å². The topological polar surface area (TPSA) is 51.9 Å². The van der Waals surface area contributed by atoms with E-state index in [4.69, 9.17) is 0 Å². The van der Waals surface area contributed by atoms with Gasteiger partial charge in [-0.3, -0.25) is 9.13 Å². The van der Waals surface area contributed by atoms with E-state index in [-0.39, 0.29) is 11.7 Å². The van der Waals surface area contributed by atoms with Crippen molar-refractivity contribution < 1.29 is 0 Å².